The first-order valence-corrected chi connectivity index (χ1v) is 6.28. The van der Waals surface area contributed by atoms with Crippen molar-refractivity contribution in [3.63, 3.8) is 0 Å². The van der Waals surface area contributed by atoms with Crippen molar-refractivity contribution < 1.29 is 9.66 Å². The molecule has 1 aliphatic heterocycles. The van der Waals surface area contributed by atoms with Crippen molar-refractivity contribution >= 4 is 15.9 Å². The molecule has 0 bridgehead atoms. The van der Waals surface area contributed by atoms with Gasteiger partial charge in [0.2, 0.25) is 0 Å². The van der Waals surface area contributed by atoms with Gasteiger partial charge >= 0.3 is 4.61 Å². The largest absolute Gasteiger partial charge is 0.378 e. The molecule has 1 rings (SSSR count). The van der Waals surface area contributed by atoms with E-state index in [9.17, 15) is 10.1 Å². The first-order valence-electron chi connectivity index (χ1n) is 5.48. The Bertz CT molecular complexity index is 320. The molecule has 0 amide bonds. The van der Waals surface area contributed by atoms with Crippen molar-refractivity contribution in [3.05, 3.63) is 20.5 Å². The van der Waals surface area contributed by atoms with Crippen LogP contribution in [0.2, 0.25) is 0 Å². The first kappa shape index (κ1) is 14.2. The van der Waals surface area contributed by atoms with Crippen molar-refractivity contribution in [1.29, 1.82) is 0 Å². The minimum Gasteiger partial charge on any atom is -0.378 e. The molecule has 6 nitrogen and oxygen atoms in total. The van der Waals surface area contributed by atoms with E-state index in [0.29, 0.717) is 24.9 Å². The molecule has 1 heterocycles. The summed E-state index contributed by atoms with van der Waals surface area (Å²) in [5.74, 6) is 0.890. The van der Waals surface area contributed by atoms with E-state index < -0.39 is 4.92 Å². The molecule has 17 heavy (non-hydrogen) atoms. The van der Waals surface area contributed by atoms with E-state index in [4.69, 9.17) is 4.74 Å². The number of halogens is 1. The van der Waals surface area contributed by atoms with Gasteiger partial charge in [0.1, 0.15) is 0 Å². The van der Waals surface area contributed by atoms with Crippen LogP contribution in [-0.2, 0) is 4.74 Å². The van der Waals surface area contributed by atoms with Crippen LogP contribution in [-0.4, -0.2) is 43.2 Å². The summed E-state index contributed by atoms with van der Waals surface area (Å²) in [4.78, 5) is 11.9. The van der Waals surface area contributed by atoms with Gasteiger partial charge < -0.3 is 15.0 Å². The molecule has 1 aliphatic rings. The summed E-state index contributed by atoms with van der Waals surface area (Å²) >= 11 is 2.98. The van der Waals surface area contributed by atoms with Crippen LogP contribution >= 0.6 is 15.9 Å². The zero-order chi connectivity index (χ0) is 13.0. The summed E-state index contributed by atoms with van der Waals surface area (Å²) in [6.07, 6.45) is 1.27. The number of rotatable bonds is 5. The average molecular weight is 308 g/mol. The lowest BCUT2D eigenvalue weighted by Crippen LogP contribution is -2.32. The lowest BCUT2D eigenvalue weighted by molar-refractivity contribution is -0.411. The highest BCUT2D eigenvalue weighted by Crippen LogP contribution is 2.19. The average Bonchev–Trinajstić information content (AvgIpc) is 2.63. The molecule has 0 aliphatic carbocycles. The molecule has 7 heteroatoms. The molecule has 0 aromatic rings. The molecule has 1 saturated heterocycles. The number of ether oxygens (including phenoxy) is 1. The number of nitrogens with one attached hydrogen (secondary N) is 1. The van der Waals surface area contributed by atoms with Crippen molar-refractivity contribution in [2.45, 2.75) is 19.4 Å². The van der Waals surface area contributed by atoms with Gasteiger partial charge in [0.25, 0.3) is 0 Å². The number of nitrogens with zero attached hydrogens (tertiary/aromatic N) is 2. The molecular weight excluding hydrogens is 290 g/mol. The second-order valence-electron chi connectivity index (χ2n) is 4.42. The van der Waals surface area contributed by atoms with E-state index in [-0.39, 0.29) is 10.7 Å². The predicted molar refractivity (Wildman–Crippen MR) is 68.2 cm³/mol. The minimum absolute atomic E-state index is 0.0468. The van der Waals surface area contributed by atoms with Gasteiger partial charge in [-0.05, 0) is 13.3 Å². The van der Waals surface area contributed by atoms with Crippen LogP contribution in [0.1, 0.15) is 13.3 Å². The van der Waals surface area contributed by atoms with E-state index in [1.54, 1.807) is 19.0 Å². The topological polar surface area (TPSA) is 67.6 Å². The Hall–Kier alpha value is -0.820. The second-order valence-corrected chi connectivity index (χ2v) is 5.17. The summed E-state index contributed by atoms with van der Waals surface area (Å²) in [5, 5.41) is 13.8. The molecule has 0 saturated carbocycles. The third kappa shape index (κ3) is 4.16. The summed E-state index contributed by atoms with van der Waals surface area (Å²) in [5.41, 5.74) is 0. The van der Waals surface area contributed by atoms with Gasteiger partial charge in [0.15, 0.2) is 5.82 Å². The van der Waals surface area contributed by atoms with Crippen LogP contribution in [0, 0.1) is 16.0 Å². The van der Waals surface area contributed by atoms with Gasteiger partial charge in [-0.3, -0.25) is 10.1 Å². The summed E-state index contributed by atoms with van der Waals surface area (Å²) in [6, 6.07) is 0. The molecule has 0 aromatic heterocycles. The van der Waals surface area contributed by atoms with Crippen molar-refractivity contribution in [2.24, 2.45) is 5.92 Å². The standard InChI is InChI=1S/C10H18BrN3O3/c1-7-4-8(6-17-7)5-12-10(13(2)3)9(11)14(15)16/h7-8,12H,4-6H2,1-3H3. The minimum atomic E-state index is -0.448. The van der Waals surface area contributed by atoms with Crippen molar-refractivity contribution in [2.75, 3.05) is 27.2 Å². The second kappa shape index (κ2) is 6.20. The molecule has 1 fully saturated rings. The molecule has 98 valence electrons. The number of hydrogen-bond acceptors (Lipinski definition) is 5. The maximum Gasteiger partial charge on any atom is 0.350 e. The molecule has 1 N–H and O–H groups in total. The van der Waals surface area contributed by atoms with Crippen LogP contribution in [0.4, 0.5) is 0 Å². The van der Waals surface area contributed by atoms with Gasteiger partial charge in [0, 0.05) is 42.5 Å². The normalized spacial score (nSPS) is 25.4. The fourth-order valence-corrected chi connectivity index (χ4v) is 2.29. The van der Waals surface area contributed by atoms with E-state index in [1.165, 1.54) is 0 Å². The highest BCUT2D eigenvalue weighted by molar-refractivity contribution is 9.11. The van der Waals surface area contributed by atoms with E-state index in [1.807, 2.05) is 6.92 Å². The quantitative estimate of drug-likeness (QED) is 0.472. The fourth-order valence-electron chi connectivity index (χ4n) is 1.79. The SMILES string of the molecule is CC1CC(CNC(=C(Br)[N+](=O)[O-])N(C)C)CO1. The highest BCUT2D eigenvalue weighted by atomic mass is 79.9. The van der Waals surface area contributed by atoms with Gasteiger partial charge in [-0.15, -0.1) is 0 Å². The van der Waals surface area contributed by atoms with Crippen LogP contribution < -0.4 is 5.32 Å². The predicted octanol–water partition coefficient (Wildman–Crippen LogP) is 1.36. The van der Waals surface area contributed by atoms with Crippen molar-refractivity contribution in [3.8, 4) is 0 Å². The Balaban J connectivity index is 2.57. The zero-order valence-electron chi connectivity index (χ0n) is 10.3. The Morgan fingerprint density at radius 1 is 1.65 bits per heavy atom. The Labute approximate surface area is 109 Å². The molecular formula is C10H18BrN3O3. The zero-order valence-corrected chi connectivity index (χ0v) is 11.9. The Morgan fingerprint density at radius 3 is 2.71 bits per heavy atom. The monoisotopic (exact) mass is 307 g/mol. The smallest absolute Gasteiger partial charge is 0.350 e. The summed E-state index contributed by atoms with van der Waals surface area (Å²) in [7, 11) is 3.53. The van der Waals surface area contributed by atoms with Gasteiger partial charge in [-0.1, -0.05) is 0 Å². The maximum absolute atomic E-state index is 10.7. The number of hydrogen-bond donors (Lipinski definition) is 1. The summed E-state index contributed by atoms with van der Waals surface area (Å²) in [6.45, 7) is 3.43. The van der Waals surface area contributed by atoms with E-state index in [2.05, 4.69) is 21.2 Å². The van der Waals surface area contributed by atoms with Gasteiger partial charge in [-0.2, -0.15) is 0 Å². The molecule has 0 aromatic carbocycles. The Kier molecular flexibility index (Phi) is 5.20. The van der Waals surface area contributed by atoms with E-state index >= 15 is 0 Å². The third-order valence-electron chi connectivity index (χ3n) is 2.64. The van der Waals surface area contributed by atoms with Gasteiger partial charge in [-0.25, -0.2) is 0 Å². The molecule has 2 unspecified atom stereocenters. The summed E-state index contributed by atoms with van der Waals surface area (Å²) < 4.78 is 5.40. The first-order chi connectivity index (χ1) is 7.91. The molecule has 0 spiro atoms. The lowest BCUT2D eigenvalue weighted by atomic mass is 10.1. The fraction of sp³-hybridized carbons (Fsp3) is 0.800. The van der Waals surface area contributed by atoms with Gasteiger partial charge in [0.05, 0.1) is 17.6 Å². The van der Waals surface area contributed by atoms with Crippen LogP contribution in [0.3, 0.4) is 0 Å². The van der Waals surface area contributed by atoms with Crippen molar-refractivity contribution in [1.82, 2.24) is 10.2 Å². The van der Waals surface area contributed by atoms with Crippen LogP contribution in [0.25, 0.3) is 0 Å². The molecule has 0 radical (unpaired) electrons. The van der Waals surface area contributed by atoms with Crippen LogP contribution in [0.5, 0.6) is 0 Å². The third-order valence-corrected chi connectivity index (χ3v) is 3.31. The highest BCUT2D eigenvalue weighted by Gasteiger charge is 2.24. The lowest BCUT2D eigenvalue weighted by Gasteiger charge is -2.19. The van der Waals surface area contributed by atoms with E-state index in [0.717, 1.165) is 6.42 Å². The molecule has 2 atom stereocenters. The number of nitro groups is 1. The Morgan fingerprint density at radius 2 is 2.29 bits per heavy atom. The maximum atomic E-state index is 10.7. The van der Waals surface area contributed by atoms with Crippen LogP contribution in [0.15, 0.2) is 10.4 Å².